The standard InChI is InChI=1S/C20H16ClN3S2/c21-16-7-5-15(6-8-16)9-11-24-18(19-4-2-12-25-19)14-26-20(24)23-17-3-1-10-22-13-17/h1-8,10,12-14H,9,11H2. The predicted molar refractivity (Wildman–Crippen MR) is 110 cm³/mol. The van der Waals surface area contributed by atoms with Crippen LogP contribution in [-0.2, 0) is 13.0 Å². The van der Waals surface area contributed by atoms with E-state index in [1.807, 2.05) is 24.3 Å². The molecule has 0 bridgehead atoms. The van der Waals surface area contributed by atoms with Gasteiger partial charge in [-0.15, -0.1) is 22.7 Å². The first-order valence-electron chi connectivity index (χ1n) is 8.21. The minimum Gasteiger partial charge on any atom is -0.315 e. The summed E-state index contributed by atoms with van der Waals surface area (Å²) >= 11 is 9.41. The van der Waals surface area contributed by atoms with Crippen LogP contribution >= 0.6 is 34.3 Å². The van der Waals surface area contributed by atoms with Crippen molar-refractivity contribution in [2.45, 2.75) is 13.0 Å². The van der Waals surface area contributed by atoms with E-state index in [1.165, 1.54) is 16.1 Å². The van der Waals surface area contributed by atoms with Crippen LogP contribution in [0.3, 0.4) is 0 Å². The molecule has 0 aliphatic carbocycles. The van der Waals surface area contributed by atoms with Crippen LogP contribution < -0.4 is 4.80 Å². The number of rotatable bonds is 5. The van der Waals surface area contributed by atoms with Gasteiger partial charge in [-0.2, -0.15) is 0 Å². The van der Waals surface area contributed by atoms with Crippen molar-refractivity contribution < 1.29 is 0 Å². The lowest BCUT2D eigenvalue weighted by atomic mass is 10.1. The van der Waals surface area contributed by atoms with E-state index in [9.17, 15) is 0 Å². The van der Waals surface area contributed by atoms with Crippen LogP contribution in [0.5, 0.6) is 0 Å². The number of aryl methyl sites for hydroxylation is 1. The molecule has 0 unspecified atom stereocenters. The zero-order valence-electron chi connectivity index (χ0n) is 13.9. The van der Waals surface area contributed by atoms with Crippen molar-refractivity contribution >= 4 is 40.0 Å². The van der Waals surface area contributed by atoms with E-state index in [4.69, 9.17) is 16.6 Å². The normalized spacial score (nSPS) is 11.8. The Morgan fingerprint density at radius 3 is 2.65 bits per heavy atom. The third-order valence-corrected chi connectivity index (χ3v) is 5.99. The molecule has 3 heterocycles. The molecule has 3 nitrogen and oxygen atoms in total. The van der Waals surface area contributed by atoms with Crippen molar-refractivity contribution in [2.75, 3.05) is 0 Å². The summed E-state index contributed by atoms with van der Waals surface area (Å²) in [7, 11) is 0. The summed E-state index contributed by atoms with van der Waals surface area (Å²) in [4.78, 5) is 11.2. The fraction of sp³-hybridized carbons (Fsp3) is 0.100. The van der Waals surface area contributed by atoms with Gasteiger partial charge in [0.05, 0.1) is 22.5 Å². The molecular formula is C20H16ClN3S2. The van der Waals surface area contributed by atoms with Crippen molar-refractivity contribution in [3.8, 4) is 10.6 Å². The minimum atomic E-state index is 0.767. The van der Waals surface area contributed by atoms with Crippen LogP contribution in [0.4, 0.5) is 5.69 Å². The molecule has 0 fully saturated rings. The molecule has 0 atom stereocenters. The van der Waals surface area contributed by atoms with E-state index < -0.39 is 0 Å². The van der Waals surface area contributed by atoms with Crippen molar-refractivity contribution in [3.05, 3.63) is 87.1 Å². The highest BCUT2D eigenvalue weighted by molar-refractivity contribution is 7.14. The first-order valence-corrected chi connectivity index (χ1v) is 10.3. The van der Waals surface area contributed by atoms with Crippen LogP contribution in [0.1, 0.15) is 5.56 Å². The molecule has 0 saturated heterocycles. The molecule has 0 aliphatic heterocycles. The molecule has 0 aliphatic rings. The van der Waals surface area contributed by atoms with Gasteiger partial charge in [0, 0.05) is 23.1 Å². The van der Waals surface area contributed by atoms with Gasteiger partial charge in [0.15, 0.2) is 4.80 Å². The lowest BCUT2D eigenvalue weighted by Crippen LogP contribution is -2.17. The Bertz CT molecular complexity index is 1030. The van der Waals surface area contributed by atoms with Gasteiger partial charge in [0.25, 0.3) is 0 Å². The van der Waals surface area contributed by atoms with Gasteiger partial charge in [-0.3, -0.25) is 4.98 Å². The second-order valence-corrected chi connectivity index (χ2v) is 7.95. The average molecular weight is 398 g/mol. The Labute approximate surface area is 164 Å². The van der Waals surface area contributed by atoms with Gasteiger partial charge in [-0.1, -0.05) is 29.8 Å². The van der Waals surface area contributed by atoms with Gasteiger partial charge >= 0.3 is 0 Å². The van der Waals surface area contributed by atoms with Crippen LogP contribution in [0.25, 0.3) is 10.6 Å². The zero-order chi connectivity index (χ0) is 17.8. The summed E-state index contributed by atoms with van der Waals surface area (Å²) in [6.45, 7) is 0.859. The summed E-state index contributed by atoms with van der Waals surface area (Å²) in [5, 5.41) is 5.06. The van der Waals surface area contributed by atoms with E-state index in [-0.39, 0.29) is 0 Å². The second kappa shape index (κ2) is 7.99. The van der Waals surface area contributed by atoms with Crippen LogP contribution in [0.15, 0.2) is 76.7 Å². The lowest BCUT2D eigenvalue weighted by molar-refractivity contribution is 0.684. The molecule has 0 amide bonds. The maximum Gasteiger partial charge on any atom is 0.190 e. The summed E-state index contributed by atoms with van der Waals surface area (Å²) in [6, 6.07) is 16.2. The van der Waals surface area contributed by atoms with Crippen LogP contribution in [0, 0.1) is 0 Å². The number of hydrogen-bond acceptors (Lipinski definition) is 4. The Hall–Kier alpha value is -2.21. The Kier molecular flexibility index (Phi) is 5.29. The van der Waals surface area contributed by atoms with Gasteiger partial charge in [-0.25, -0.2) is 4.99 Å². The largest absolute Gasteiger partial charge is 0.315 e. The highest BCUT2D eigenvalue weighted by atomic mass is 35.5. The lowest BCUT2D eigenvalue weighted by Gasteiger charge is -2.08. The molecule has 26 heavy (non-hydrogen) atoms. The van der Waals surface area contributed by atoms with Crippen LogP contribution in [0.2, 0.25) is 5.02 Å². The summed E-state index contributed by atoms with van der Waals surface area (Å²) < 4.78 is 2.29. The highest BCUT2D eigenvalue weighted by Gasteiger charge is 2.09. The molecule has 6 heteroatoms. The summed E-state index contributed by atoms with van der Waals surface area (Å²) in [5.41, 5.74) is 3.34. The molecule has 0 saturated carbocycles. The Morgan fingerprint density at radius 2 is 1.92 bits per heavy atom. The number of aromatic nitrogens is 2. The predicted octanol–water partition coefficient (Wildman–Crippen LogP) is 5.80. The maximum atomic E-state index is 6.00. The first kappa shape index (κ1) is 17.2. The fourth-order valence-electron chi connectivity index (χ4n) is 2.68. The average Bonchev–Trinajstić information content (AvgIpc) is 3.32. The van der Waals surface area contributed by atoms with E-state index in [0.29, 0.717) is 0 Å². The smallest absolute Gasteiger partial charge is 0.190 e. The maximum absolute atomic E-state index is 6.00. The number of hydrogen-bond donors (Lipinski definition) is 0. The number of thiophene rings is 1. The minimum absolute atomic E-state index is 0.767. The monoisotopic (exact) mass is 397 g/mol. The first-order chi connectivity index (χ1) is 12.8. The molecule has 3 aromatic heterocycles. The third kappa shape index (κ3) is 3.96. The van der Waals surface area contributed by atoms with Gasteiger partial charge in [0.1, 0.15) is 0 Å². The summed E-state index contributed by atoms with van der Waals surface area (Å²) in [6.07, 6.45) is 4.47. The van der Waals surface area contributed by atoms with Gasteiger partial charge in [-0.05, 0) is 47.7 Å². The molecule has 4 rings (SSSR count). The fourth-order valence-corrected chi connectivity index (χ4v) is 4.58. The van der Waals surface area contributed by atoms with Crippen molar-refractivity contribution in [1.29, 1.82) is 0 Å². The van der Waals surface area contributed by atoms with Gasteiger partial charge in [0.2, 0.25) is 0 Å². The summed E-state index contributed by atoms with van der Waals surface area (Å²) in [5.74, 6) is 0. The second-order valence-electron chi connectivity index (χ2n) is 5.73. The number of nitrogens with zero attached hydrogens (tertiary/aromatic N) is 3. The van der Waals surface area contributed by atoms with E-state index >= 15 is 0 Å². The molecule has 0 radical (unpaired) electrons. The van der Waals surface area contributed by atoms with Gasteiger partial charge < -0.3 is 4.57 Å². The molecule has 130 valence electrons. The topological polar surface area (TPSA) is 30.2 Å². The highest BCUT2D eigenvalue weighted by Crippen LogP contribution is 2.26. The molecule has 0 N–H and O–H groups in total. The molecule has 4 aromatic rings. The molecular weight excluding hydrogens is 382 g/mol. The number of pyridine rings is 1. The molecule has 1 aromatic carbocycles. The number of halogens is 1. The quantitative estimate of drug-likeness (QED) is 0.418. The van der Waals surface area contributed by atoms with E-state index in [0.717, 1.165) is 28.5 Å². The van der Waals surface area contributed by atoms with E-state index in [1.54, 1.807) is 35.1 Å². The van der Waals surface area contributed by atoms with Crippen molar-refractivity contribution in [1.82, 2.24) is 9.55 Å². The van der Waals surface area contributed by atoms with Crippen LogP contribution in [-0.4, -0.2) is 9.55 Å². The number of benzene rings is 1. The Morgan fingerprint density at radius 1 is 1.04 bits per heavy atom. The van der Waals surface area contributed by atoms with E-state index in [2.05, 4.69) is 44.6 Å². The molecule has 0 spiro atoms. The zero-order valence-corrected chi connectivity index (χ0v) is 16.3. The van der Waals surface area contributed by atoms with Crippen molar-refractivity contribution in [2.24, 2.45) is 4.99 Å². The Balaban J connectivity index is 1.71. The SMILES string of the molecule is Clc1ccc(CCn2c(-c3cccs3)csc2=Nc2cccnc2)cc1. The number of thiazole rings is 1. The van der Waals surface area contributed by atoms with Crippen molar-refractivity contribution in [3.63, 3.8) is 0 Å². The third-order valence-electron chi connectivity index (χ3n) is 3.98.